The third-order valence-electron chi connectivity index (χ3n) is 3.70. The topological polar surface area (TPSA) is 46.3 Å². The van der Waals surface area contributed by atoms with Crippen LogP contribution in [0.25, 0.3) is 0 Å². The van der Waals surface area contributed by atoms with Crippen molar-refractivity contribution in [3.63, 3.8) is 0 Å². The quantitative estimate of drug-likeness (QED) is 0.783. The monoisotopic (exact) mass is 226 g/mol. The Bertz CT molecular complexity index is 237. The minimum Gasteiger partial charge on any atom is -0.341 e. The van der Waals surface area contributed by atoms with Crippen molar-refractivity contribution in [1.82, 2.24) is 4.90 Å². The molecule has 0 unspecified atom stereocenters. The average Bonchev–Trinajstić information content (AvgIpc) is 2.26. The molecule has 94 valence electrons. The lowest BCUT2D eigenvalue weighted by molar-refractivity contribution is -0.136. The number of rotatable bonds is 2. The van der Waals surface area contributed by atoms with E-state index in [4.69, 9.17) is 5.73 Å². The summed E-state index contributed by atoms with van der Waals surface area (Å²) in [5.74, 6) is 0.928. The predicted octanol–water partition coefficient (Wildman–Crippen LogP) is 2.01. The Labute approximate surface area is 99.4 Å². The number of carbonyl (C=O) groups is 1. The van der Waals surface area contributed by atoms with E-state index in [0.717, 1.165) is 31.8 Å². The highest BCUT2D eigenvalue weighted by atomic mass is 16.2. The van der Waals surface area contributed by atoms with Crippen molar-refractivity contribution in [2.45, 2.75) is 53.0 Å². The van der Waals surface area contributed by atoms with Gasteiger partial charge in [-0.15, -0.1) is 0 Å². The molecular weight excluding hydrogens is 200 g/mol. The molecule has 1 fully saturated rings. The molecule has 1 heterocycles. The van der Waals surface area contributed by atoms with Gasteiger partial charge in [-0.2, -0.15) is 0 Å². The highest BCUT2D eigenvalue weighted by Crippen LogP contribution is 2.23. The number of piperidine rings is 1. The lowest BCUT2D eigenvalue weighted by Crippen LogP contribution is -2.52. The maximum absolute atomic E-state index is 12.1. The van der Waals surface area contributed by atoms with E-state index < -0.39 is 0 Å². The van der Waals surface area contributed by atoms with Gasteiger partial charge < -0.3 is 10.6 Å². The predicted molar refractivity (Wildman–Crippen MR) is 67.0 cm³/mol. The number of nitrogens with zero attached hydrogens (tertiary/aromatic N) is 1. The summed E-state index contributed by atoms with van der Waals surface area (Å²) >= 11 is 0. The zero-order valence-electron chi connectivity index (χ0n) is 11.1. The maximum Gasteiger partial charge on any atom is 0.240 e. The van der Waals surface area contributed by atoms with Crippen LogP contribution >= 0.6 is 0 Å². The molecule has 0 bridgehead atoms. The summed E-state index contributed by atoms with van der Waals surface area (Å²) in [6.07, 6.45) is 3.51. The van der Waals surface area contributed by atoms with Crippen LogP contribution in [0.2, 0.25) is 0 Å². The van der Waals surface area contributed by atoms with Gasteiger partial charge in [-0.25, -0.2) is 0 Å². The summed E-state index contributed by atoms with van der Waals surface area (Å²) in [5, 5.41) is 0. The molecular formula is C13H26N2O. The maximum atomic E-state index is 12.1. The second-order valence-electron chi connectivity index (χ2n) is 6.02. The van der Waals surface area contributed by atoms with Crippen LogP contribution in [0.15, 0.2) is 0 Å². The number of likely N-dealkylation sites (tertiary alicyclic amines) is 1. The van der Waals surface area contributed by atoms with Gasteiger partial charge in [0.25, 0.3) is 0 Å². The normalized spacial score (nSPS) is 20.9. The van der Waals surface area contributed by atoms with E-state index in [1.54, 1.807) is 0 Å². The first-order valence-corrected chi connectivity index (χ1v) is 6.40. The second-order valence-corrected chi connectivity index (χ2v) is 6.02. The Morgan fingerprint density at radius 3 is 2.25 bits per heavy atom. The molecule has 0 aromatic carbocycles. The Balaban J connectivity index is 2.51. The minimum atomic E-state index is -0.370. The van der Waals surface area contributed by atoms with Crippen molar-refractivity contribution in [2.24, 2.45) is 17.1 Å². The molecule has 16 heavy (non-hydrogen) atoms. The fourth-order valence-electron chi connectivity index (χ4n) is 2.13. The molecule has 1 aliphatic rings. The van der Waals surface area contributed by atoms with Gasteiger partial charge in [-0.3, -0.25) is 4.79 Å². The van der Waals surface area contributed by atoms with Gasteiger partial charge in [0.15, 0.2) is 0 Å². The van der Waals surface area contributed by atoms with Crippen LogP contribution in [-0.4, -0.2) is 29.9 Å². The lowest BCUT2D eigenvalue weighted by Gasteiger charge is -2.36. The number of hydrogen-bond acceptors (Lipinski definition) is 2. The smallest absolute Gasteiger partial charge is 0.240 e. The van der Waals surface area contributed by atoms with Gasteiger partial charge in [0.1, 0.15) is 0 Å². The summed E-state index contributed by atoms with van der Waals surface area (Å²) in [6, 6.07) is -0.370. The van der Waals surface area contributed by atoms with Gasteiger partial charge in [0.05, 0.1) is 6.04 Å². The molecule has 1 saturated heterocycles. The first-order valence-electron chi connectivity index (χ1n) is 6.40. The zero-order valence-corrected chi connectivity index (χ0v) is 11.1. The fourth-order valence-corrected chi connectivity index (χ4v) is 2.13. The molecule has 1 atom stereocenters. The van der Waals surface area contributed by atoms with Crippen molar-refractivity contribution >= 4 is 5.91 Å². The van der Waals surface area contributed by atoms with Crippen LogP contribution in [-0.2, 0) is 4.79 Å². The van der Waals surface area contributed by atoms with Gasteiger partial charge >= 0.3 is 0 Å². The van der Waals surface area contributed by atoms with E-state index in [2.05, 4.69) is 6.92 Å². The van der Waals surface area contributed by atoms with Gasteiger partial charge in [-0.1, -0.05) is 34.1 Å². The van der Waals surface area contributed by atoms with E-state index in [-0.39, 0.29) is 17.4 Å². The average molecular weight is 226 g/mol. The first-order chi connectivity index (χ1) is 7.36. The summed E-state index contributed by atoms with van der Waals surface area (Å²) < 4.78 is 0. The Kier molecular flexibility index (Phi) is 4.36. The largest absolute Gasteiger partial charge is 0.341 e. The minimum absolute atomic E-state index is 0.127. The molecule has 0 saturated carbocycles. The summed E-state index contributed by atoms with van der Waals surface area (Å²) in [6.45, 7) is 10.1. The molecule has 0 aromatic rings. The van der Waals surface area contributed by atoms with Crippen LogP contribution in [0.3, 0.4) is 0 Å². The van der Waals surface area contributed by atoms with Crippen LogP contribution in [0, 0.1) is 11.3 Å². The van der Waals surface area contributed by atoms with Crippen LogP contribution < -0.4 is 5.73 Å². The molecule has 0 radical (unpaired) electrons. The molecule has 3 nitrogen and oxygen atoms in total. The van der Waals surface area contributed by atoms with E-state index in [1.165, 1.54) is 6.42 Å². The van der Waals surface area contributed by atoms with Crippen LogP contribution in [0.5, 0.6) is 0 Å². The Morgan fingerprint density at radius 2 is 1.88 bits per heavy atom. The van der Waals surface area contributed by atoms with Gasteiger partial charge in [0, 0.05) is 13.1 Å². The van der Waals surface area contributed by atoms with Crippen LogP contribution in [0.1, 0.15) is 47.0 Å². The summed E-state index contributed by atoms with van der Waals surface area (Å²) in [7, 11) is 0. The van der Waals surface area contributed by atoms with Gasteiger partial charge in [0.2, 0.25) is 5.91 Å². The number of carbonyl (C=O) groups excluding carboxylic acids is 1. The van der Waals surface area contributed by atoms with Crippen molar-refractivity contribution in [3.05, 3.63) is 0 Å². The Morgan fingerprint density at radius 1 is 1.38 bits per heavy atom. The third kappa shape index (κ3) is 3.21. The Hall–Kier alpha value is -0.570. The zero-order chi connectivity index (χ0) is 12.3. The number of amides is 1. The molecule has 1 amide bonds. The van der Waals surface area contributed by atoms with Crippen molar-refractivity contribution in [1.29, 1.82) is 0 Å². The van der Waals surface area contributed by atoms with Gasteiger partial charge in [-0.05, 0) is 24.2 Å². The molecule has 2 N–H and O–H groups in total. The number of hydrogen-bond donors (Lipinski definition) is 1. The van der Waals surface area contributed by atoms with E-state index in [1.807, 2.05) is 25.7 Å². The molecule has 0 aromatic heterocycles. The highest BCUT2D eigenvalue weighted by Gasteiger charge is 2.32. The third-order valence-corrected chi connectivity index (χ3v) is 3.70. The molecule has 1 aliphatic heterocycles. The van der Waals surface area contributed by atoms with Crippen molar-refractivity contribution < 1.29 is 4.79 Å². The standard InChI is InChI=1S/C13H26N2O/c1-5-10-6-8-15(9-7-10)12(16)11(14)13(2,3)4/h10-11H,5-9,14H2,1-4H3/t11-/m1/s1. The SMILES string of the molecule is CCC1CCN(C(=O)[C@@H](N)C(C)(C)C)CC1. The van der Waals surface area contributed by atoms with Crippen molar-refractivity contribution in [3.8, 4) is 0 Å². The second kappa shape index (κ2) is 5.17. The number of nitrogens with two attached hydrogens (primary N) is 1. The molecule has 0 aliphatic carbocycles. The summed E-state index contributed by atoms with van der Waals surface area (Å²) in [5.41, 5.74) is 5.86. The summed E-state index contributed by atoms with van der Waals surface area (Å²) in [4.78, 5) is 14.1. The van der Waals surface area contributed by atoms with E-state index >= 15 is 0 Å². The first kappa shape index (κ1) is 13.5. The van der Waals surface area contributed by atoms with E-state index in [0.29, 0.717) is 0 Å². The highest BCUT2D eigenvalue weighted by molar-refractivity contribution is 5.82. The van der Waals surface area contributed by atoms with Crippen LogP contribution in [0.4, 0.5) is 0 Å². The fraction of sp³-hybridized carbons (Fsp3) is 0.923. The van der Waals surface area contributed by atoms with E-state index in [9.17, 15) is 4.79 Å². The molecule has 1 rings (SSSR count). The molecule has 3 heteroatoms. The lowest BCUT2D eigenvalue weighted by atomic mass is 9.85. The van der Waals surface area contributed by atoms with Crippen molar-refractivity contribution in [2.75, 3.05) is 13.1 Å². The molecule has 0 spiro atoms.